The molecule has 0 aliphatic heterocycles. The highest BCUT2D eigenvalue weighted by Gasteiger charge is 2.60. The molecule has 1 N–H and O–H groups in total. The molecule has 0 aromatic carbocycles. The molecule has 0 spiro atoms. The van der Waals surface area contributed by atoms with Crippen molar-refractivity contribution in [3.05, 3.63) is 0 Å². The SMILES string of the molecule is CC(F)(CCCOCC12CC3CC(CC(C3)C1)C2)OC(C)(F)C(C)(F)S(=O)(=O)O. The maximum Gasteiger partial charge on any atom is 0.306 e. The van der Waals surface area contributed by atoms with E-state index in [2.05, 4.69) is 4.74 Å². The largest absolute Gasteiger partial charge is 0.381 e. The second-order valence-electron chi connectivity index (χ2n) is 10.1. The maximum absolute atomic E-state index is 14.6. The Hall–Kier alpha value is -0.380. The molecule has 4 rings (SSSR count). The fourth-order valence-electron chi connectivity index (χ4n) is 6.02. The van der Waals surface area contributed by atoms with Crippen LogP contribution in [0.4, 0.5) is 13.2 Å². The van der Waals surface area contributed by atoms with Gasteiger partial charge in [0.05, 0.1) is 6.61 Å². The standard InChI is InChI=1S/C20H33F3O5S/c1-17(21,28-18(2,22)19(3,23)29(24,25)26)5-4-6-27-13-20-10-14-7-15(11-20)9-16(8-14)12-20/h14-16H,4-13H2,1-3H3,(H,24,25,26). The van der Waals surface area contributed by atoms with Crippen molar-refractivity contribution in [1.82, 2.24) is 0 Å². The molecular weight excluding hydrogens is 409 g/mol. The summed E-state index contributed by atoms with van der Waals surface area (Å²) in [6.45, 7) is 2.56. The van der Waals surface area contributed by atoms with Gasteiger partial charge in [0.25, 0.3) is 10.9 Å². The Bertz CT molecular complexity index is 670. The van der Waals surface area contributed by atoms with Crippen LogP contribution in [0.15, 0.2) is 0 Å². The van der Waals surface area contributed by atoms with Crippen molar-refractivity contribution in [3.63, 3.8) is 0 Å². The van der Waals surface area contributed by atoms with Gasteiger partial charge >= 0.3 is 10.1 Å². The Kier molecular flexibility index (Phi) is 6.13. The van der Waals surface area contributed by atoms with Crippen LogP contribution in [0.25, 0.3) is 0 Å². The van der Waals surface area contributed by atoms with Crippen molar-refractivity contribution in [1.29, 1.82) is 0 Å². The van der Waals surface area contributed by atoms with Crippen LogP contribution < -0.4 is 0 Å². The second kappa shape index (κ2) is 7.64. The molecular formula is C20H33F3O5S. The van der Waals surface area contributed by atoms with E-state index < -0.39 is 26.8 Å². The van der Waals surface area contributed by atoms with Crippen LogP contribution in [0, 0.1) is 23.2 Å². The minimum Gasteiger partial charge on any atom is -0.381 e. The number of halogens is 3. The maximum atomic E-state index is 14.6. The van der Waals surface area contributed by atoms with Crippen LogP contribution in [0.3, 0.4) is 0 Å². The van der Waals surface area contributed by atoms with E-state index in [0.717, 1.165) is 24.7 Å². The summed E-state index contributed by atoms with van der Waals surface area (Å²) < 4.78 is 84.6. The fourth-order valence-corrected chi connectivity index (χ4v) is 6.52. The third-order valence-corrected chi connectivity index (χ3v) is 8.51. The van der Waals surface area contributed by atoms with Gasteiger partial charge in [-0.1, -0.05) is 0 Å². The fraction of sp³-hybridized carbons (Fsp3) is 1.00. The molecule has 4 aliphatic rings. The number of rotatable bonds is 10. The first-order valence-electron chi connectivity index (χ1n) is 10.5. The van der Waals surface area contributed by atoms with Gasteiger partial charge in [0.2, 0.25) is 5.85 Å². The molecule has 0 heterocycles. The molecule has 0 saturated heterocycles. The lowest BCUT2D eigenvalue weighted by atomic mass is 9.50. The van der Waals surface area contributed by atoms with Crippen molar-refractivity contribution in [2.75, 3.05) is 13.2 Å². The molecule has 4 saturated carbocycles. The zero-order valence-corrected chi connectivity index (χ0v) is 18.2. The Labute approximate surface area is 171 Å². The Morgan fingerprint density at radius 2 is 1.48 bits per heavy atom. The molecule has 4 fully saturated rings. The van der Waals surface area contributed by atoms with Gasteiger partial charge in [0, 0.05) is 13.0 Å². The van der Waals surface area contributed by atoms with E-state index >= 15 is 0 Å². The summed E-state index contributed by atoms with van der Waals surface area (Å²) in [5, 5.41) is -3.80. The molecule has 170 valence electrons. The third-order valence-electron chi connectivity index (χ3n) is 7.17. The van der Waals surface area contributed by atoms with E-state index in [1.807, 2.05) is 0 Å². The summed E-state index contributed by atoms with van der Waals surface area (Å²) in [7, 11) is -5.44. The molecule has 0 aromatic heterocycles. The predicted octanol–water partition coefficient (Wildman–Crippen LogP) is 4.96. The van der Waals surface area contributed by atoms with Crippen molar-refractivity contribution >= 4 is 10.1 Å². The first-order chi connectivity index (χ1) is 13.1. The Morgan fingerprint density at radius 3 is 1.93 bits per heavy atom. The molecule has 0 amide bonds. The molecule has 29 heavy (non-hydrogen) atoms. The average Bonchev–Trinajstić information content (AvgIpc) is 2.50. The van der Waals surface area contributed by atoms with Crippen LogP contribution in [-0.2, 0) is 19.6 Å². The number of hydrogen-bond acceptors (Lipinski definition) is 4. The molecule has 4 aliphatic carbocycles. The smallest absolute Gasteiger partial charge is 0.306 e. The van der Waals surface area contributed by atoms with Crippen LogP contribution in [-0.4, -0.2) is 42.9 Å². The molecule has 5 nitrogen and oxygen atoms in total. The van der Waals surface area contributed by atoms with Crippen LogP contribution in [0.2, 0.25) is 0 Å². The Morgan fingerprint density at radius 1 is 1.00 bits per heavy atom. The topological polar surface area (TPSA) is 72.8 Å². The van der Waals surface area contributed by atoms with E-state index in [9.17, 15) is 21.6 Å². The highest BCUT2D eigenvalue weighted by molar-refractivity contribution is 7.87. The van der Waals surface area contributed by atoms with E-state index in [0.29, 0.717) is 20.5 Å². The molecule has 9 heteroatoms. The average molecular weight is 443 g/mol. The van der Waals surface area contributed by atoms with Gasteiger partial charge in [-0.3, -0.25) is 4.55 Å². The molecule has 3 atom stereocenters. The first kappa shape index (κ1) is 23.3. The van der Waals surface area contributed by atoms with Gasteiger partial charge < -0.3 is 9.47 Å². The lowest BCUT2D eigenvalue weighted by Gasteiger charge is -2.56. The summed E-state index contributed by atoms with van der Waals surface area (Å²) in [4.78, 5) is 0. The summed E-state index contributed by atoms with van der Waals surface area (Å²) in [5.74, 6) is -3.75. The van der Waals surface area contributed by atoms with Gasteiger partial charge in [-0.25, -0.2) is 13.2 Å². The van der Waals surface area contributed by atoms with Gasteiger partial charge in [-0.05, 0) is 88.9 Å². The third kappa shape index (κ3) is 4.93. The minimum atomic E-state index is -5.44. The van der Waals surface area contributed by atoms with Gasteiger partial charge in [-0.2, -0.15) is 8.42 Å². The predicted molar refractivity (Wildman–Crippen MR) is 102 cm³/mol. The van der Waals surface area contributed by atoms with Gasteiger partial charge in [-0.15, -0.1) is 0 Å². The van der Waals surface area contributed by atoms with E-state index in [-0.39, 0.29) is 24.9 Å². The lowest BCUT2D eigenvalue weighted by Crippen LogP contribution is -2.53. The normalized spacial score (nSPS) is 37.7. The zero-order valence-electron chi connectivity index (χ0n) is 17.4. The minimum absolute atomic E-state index is 0.213. The summed E-state index contributed by atoms with van der Waals surface area (Å²) in [5.41, 5.74) is 0.243. The highest BCUT2D eigenvalue weighted by atomic mass is 32.2. The van der Waals surface area contributed by atoms with Crippen LogP contribution in [0.1, 0.15) is 72.1 Å². The van der Waals surface area contributed by atoms with Crippen LogP contribution in [0.5, 0.6) is 0 Å². The molecule has 0 radical (unpaired) electrons. The van der Waals surface area contributed by atoms with Gasteiger partial charge in [0.1, 0.15) is 0 Å². The molecule has 0 aromatic rings. The van der Waals surface area contributed by atoms with Crippen LogP contribution >= 0.6 is 0 Å². The summed E-state index contributed by atoms with van der Waals surface area (Å²) in [6, 6.07) is 0. The van der Waals surface area contributed by atoms with Crippen molar-refractivity contribution in [3.8, 4) is 0 Å². The summed E-state index contributed by atoms with van der Waals surface area (Å²) >= 11 is 0. The van der Waals surface area contributed by atoms with Crippen molar-refractivity contribution in [2.24, 2.45) is 23.2 Å². The van der Waals surface area contributed by atoms with Crippen molar-refractivity contribution < 1.29 is 35.6 Å². The first-order valence-corrected chi connectivity index (χ1v) is 11.9. The van der Waals surface area contributed by atoms with E-state index in [1.165, 1.54) is 38.5 Å². The number of alkyl halides is 3. The summed E-state index contributed by atoms with van der Waals surface area (Å²) in [6.07, 6.45) is 7.55. The Balaban J connectivity index is 1.44. The van der Waals surface area contributed by atoms with Gasteiger partial charge in [0.15, 0.2) is 0 Å². The molecule has 3 unspecified atom stereocenters. The lowest BCUT2D eigenvalue weighted by molar-refractivity contribution is -0.290. The molecule has 4 bridgehead atoms. The number of hydrogen-bond donors (Lipinski definition) is 1. The highest BCUT2D eigenvalue weighted by Crippen LogP contribution is 2.60. The number of ether oxygens (including phenoxy) is 2. The van der Waals surface area contributed by atoms with Crippen molar-refractivity contribution in [2.45, 2.75) is 88.8 Å². The second-order valence-corrected chi connectivity index (χ2v) is 11.8. The van der Waals surface area contributed by atoms with E-state index in [4.69, 9.17) is 9.29 Å². The quantitative estimate of drug-likeness (QED) is 0.382. The zero-order chi connectivity index (χ0) is 21.7. The van der Waals surface area contributed by atoms with E-state index in [1.54, 1.807) is 0 Å². The monoisotopic (exact) mass is 442 g/mol.